The van der Waals surface area contributed by atoms with E-state index in [1.165, 1.54) is 0 Å². The van der Waals surface area contributed by atoms with E-state index in [1.807, 2.05) is 18.2 Å². The van der Waals surface area contributed by atoms with Crippen molar-refractivity contribution in [1.29, 1.82) is 5.41 Å². The molecule has 1 aromatic carbocycles. The molecule has 2 unspecified atom stereocenters. The van der Waals surface area contributed by atoms with E-state index in [9.17, 15) is 5.11 Å². The van der Waals surface area contributed by atoms with Crippen LogP contribution in [0.1, 0.15) is 10.9 Å². The second kappa shape index (κ2) is 4.84. The van der Waals surface area contributed by atoms with Crippen molar-refractivity contribution >= 4 is 18.0 Å². The Morgan fingerprint density at radius 2 is 2.00 bits per heavy atom. The van der Waals surface area contributed by atoms with Crippen LogP contribution in [-0.4, -0.2) is 17.8 Å². The first-order chi connectivity index (χ1) is 6.25. The molecule has 0 fully saturated rings. The van der Waals surface area contributed by atoms with Gasteiger partial charge in [0.05, 0.1) is 0 Å². The monoisotopic (exact) mass is 199 g/mol. The predicted octanol–water partition coefficient (Wildman–Crippen LogP) is 1.91. The number of halogens is 1. The third-order valence-electron chi connectivity index (χ3n) is 1.58. The molecule has 0 spiro atoms. The molecule has 2 atom stereocenters. The van der Waals surface area contributed by atoms with Gasteiger partial charge in [-0.2, -0.15) is 0 Å². The molecule has 1 rings (SSSR count). The largest absolute Gasteiger partial charge is 0.453 e. The van der Waals surface area contributed by atoms with Crippen LogP contribution < -0.4 is 0 Å². The van der Waals surface area contributed by atoms with E-state index in [0.717, 1.165) is 5.56 Å². The normalized spacial score (nSPS) is 14.6. The summed E-state index contributed by atoms with van der Waals surface area (Å²) in [5.74, 6) is 0. The molecule has 13 heavy (non-hydrogen) atoms. The quantitative estimate of drug-likeness (QED) is 0.337. The van der Waals surface area contributed by atoms with Crippen molar-refractivity contribution in [3.8, 4) is 0 Å². The fourth-order valence-corrected chi connectivity index (χ4v) is 1.15. The summed E-state index contributed by atoms with van der Waals surface area (Å²) < 4.78 is 4.52. The maximum absolute atomic E-state index is 9.27. The average Bonchev–Trinajstić information content (AvgIpc) is 2.18. The number of aliphatic hydroxyl groups excluding tert-OH is 1. The minimum absolute atomic E-state index is 0.650. The van der Waals surface area contributed by atoms with Gasteiger partial charge in [-0.05, 0) is 5.56 Å². The van der Waals surface area contributed by atoms with Gasteiger partial charge in [-0.15, -0.1) is 11.6 Å². The highest BCUT2D eigenvalue weighted by Crippen LogP contribution is 2.23. The number of nitrogens with one attached hydrogen (secondary N) is 1. The Morgan fingerprint density at radius 3 is 2.54 bits per heavy atom. The molecule has 0 aliphatic heterocycles. The van der Waals surface area contributed by atoms with Gasteiger partial charge in [0, 0.05) is 0 Å². The molecule has 0 saturated carbocycles. The number of benzene rings is 1. The van der Waals surface area contributed by atoms with Crippen molar-refractivity contribution in [2.24, 2.45) is 0 Å². The van der Waals surface area contributed by atoms with Crippen LogP contribution in [0.5, 0.6) is 0 Å². The van der Waals surface area contributed by atoms with Gasteiger partial charge >= 0.3 is 0 Å². The van der Waals surface area contributed by atoms with Crippen LogP contribution in [0.4, 0.5) is 0 Å². The Labute approximate surface area is 81.4 Å². The van der Waals surface area contributed by atoms with Gasteiger partial charge in [0.25, 0.3) is 0 Å². The third-order valence-corrected chi connectivity index (χ3v) is 2.04. The lowest BCUT2D eigenvalue weighted by Gasteiger charge is -2.15. The zero-order valence-corrected chi connectivity index (χ0v) is 7.61. The van der Waals surface area contributed by atoms with Crippen LogP contribution in [0.2, 0.25) is 0 Å². The molecular weight excluding hydrogens is 190 g/mol. The molecule has 4 heteroatoms. The molecule has 0 amide bonds. The molecule has 0 saturated heterocycles. The zero-order valence-electron chi connectivity index (χ0n) is 6.85. The lowest BCUT2D eigenvalue weighted by atomic mass is 10.1. The van der Waals surface area contributed by atoms with Gasteiger partial charge in [-0.1, -0.05) is 30.3 Å². The Morgan fingerprint density at radius 1 is 1.38 bits per heavy atom. The molecule has 0 radical (unpaired) electrons. The summed E-state index contributed by atoms with van der Waals surface area (Å²) >= 11 is 5.86. The fraction of sp³-hybridized carbons (Fsp3) is 0.222. The van der Waals surface area contributed by atoms with Gasteiger partial charge in [-0.25, -0.2) is 0 Å². The Balaban J connectivity index is 2.67. The molecule has 0 bridgehead atoms. The van der Waals surface area contributed by atoms with Gasteiger partial charge < -0.3 is 9.84 Å². The molecule has 2 N–H and O–H groups in total. The van der Waals surface area contributed by atoms with Crippen molar-refractivity contribution in [2.45, 2.75) is 11.7 Å². The van der Waals surface area contributed by atoms with E-state index < -0.39 is 11.7 Å². The summed E-state index contributed by atoms with van der Waals surface area (Å²) in [5.41, 5.74) is 0.763. The second-order valence-electron chi connectivity index (χ2n) is 2.46. The topological polar surface area (TPSA) is 53.3 Å². The highest BCUT2D eigenvalue weighted by atomic mass is 35.5. The van der Waals surface area contributed by atoms with E-state index in [2.05, 4.69) is 4.74 Å². The zero-order chi connectivity index (χ0) is 9.68. The van der Waals surface area contributed by atoms with Crippen LogP contribution in [-0.2, 0) is 4.74 Å². The second-order valence-corrected chi connectivity index (χ2v) is 2.93. The van der Waals surface area contributed by atoms with Crippen LogP contribution in [0.15, 0.2) is 30.3 Å². The third kappa shape index (κ3) is 2.72. The smallest absolute Gasteiger partial charge is 0.219 e. The number of hydrogen-bond donors (Lipinski definition) is 2. The molecule has 70 valence electrons. The standard InChI is InChI=1S/C9H10ClNO2/c10-8(9(12)13-6-11)7-4-2-1-3-5-7/h1-6,8-9,11-12H. The SMILES string of the molecule is N=COC(O)C(Cl)c1ccccc1. The molecule has 0 aliphatic carbocycles. The Bertz CT molecular complexity index is 266. The van der Waals surface area contributed by atoms with Gasteiger partial charge in [0.2, 0.25) is 6.29 Å². The van der Waals surface area contributed by atoms with E-state index in [-0.39, 0.29) is 0 Å². The number of rotatable bonds is 4. The van der Waals surface area contributed by atoms with Gasteiger partial charge in [0.1, 0.15) is 5.38 Å². The van der Waals surface area contributed by atoms with Crippen molar-refractivity contribution in [3.05, 3.63) is 35.9 Å². The van der Waals surface area contributed by atoms with Crippen LogP contribution in [0.3, 0.4) is 0 Å². The highest BCUT2D eigenvalue weighted by molar-refractivity contribution is 6.21. The summed E-state index contributed by atoms with van der Waals surface area (Å²) in [5, 5.41) is 15.2. The minimum atomic E-state index is -1.18. The van der Waals surface area contributed by atoms with Crippen molar-refractivity contribution < 1.29 is 9.84 Å². The Kier molecular flexibility index (Phi) is 3.73. The average molecular weight is 200 g/mol. The summed E-state index contributed by atoms with van der Waals surface area (Å²) in [7, 11) is 0. The summed E-state index contributed by atoms with van der Waals surface area (Å²) in [6.07, 6.45) is -0.509. The molecular formula is C9H10ClNO2. The number of hydrogen-bond acceptors (Lipinski definition) is 3. The van der Waals surface area contributed by atoms with E-state index in [4.69, 9.17) is 17.0 Å². The molecule has 0 heterocycles. The number of ether oxygens (including phenoxy) is 1. The lowest BCUT2D eigenvalue weighted by molar-refractivity contribution is -0.0255. The highest BCUT2D eigenvalue weighted by Gasteiger charge is 2.18. The first-order valence-corrected chi connectivity index (χ1v) is 4.21. The van der Waals surface area contributed by atoms with Crippen LogP contribution in [0.25, 0.3) is 0 Å². The summed E-state index contributed by atoms with van der Waals surface area (Å²) in [6, 6.07) is 9.07. The molecule has 3 nitrogen and oxygen atoms in total. The van der Waals surface area contributed by atoms with E-state index >= 15 is 0 Å². The van der Waals surface area contributed by atoms with E-state index in [0.29, 0.717) is 6.40 Å². The Hall–Kier alpha value is -1.06. The number of alkyl halides is 1. The van der Waals surface area contributed by atoms with Crippen molar-refractivity contribution in [1.82, 2.24) is 0 Å². The summed E-state index contributed by atoms with van der Waals surface area (Å²) in [6.45, 7) is 0. The fourth-order valence-electron chi connectivity index (χ4n) is 0.940. The maximum Gasteiger partial charge on any atom is 0.219 e. The molecule has 0 aromatic heterocycles. The summed E-state index contributed by atoms with van der Waals surface area (Å²) in [4.78, 5) is 0. The maximum atomic E-state index is 9.27. The molecule has 0 aliphatic rings. The van der Waals surface area contributed by atoms with Crippen LogP contribution >= 0.6 is 11.6 Å². The van der Waals surface area contributed by atoms with Gasteiger partial charge in [0.15, 0.2) is 6.40 Å². The van der Waals surface area contributed by atoms with Crippen LogP contribution in [0, 0.1) is 5.41 Å². The van der Waals surface area contributed by atoms with E-state index in [1.54, 1.807) is 12.1 Å². The predicted molar refractivity (Wildman–Crippen MR) is 50.9 cm³/mol. The van der Waals surface area contributed by atoms with Crippen molar-refractivity contribution in [2.75, 3.05) is 0 Å². The lowest BCUT2D eigenvalue weighted by Crippen LogP contribution is -2.16. The minimum Gasteiger partial charge on any atom is -0.453 e. The molecule has 1 aromatic rings. The van der Waals surface area contributed by atoms with Crippen molar-refractivity contribution in [3.63, 3.8) is 0 Å². The first-order valence-electron chi connectivity index (χ1n) is 3.77. The number of aliphatic hydroxyl groups is 1. The van der Waals surface area contributed by atoms with Gasteiger partial charge in [-0.3, -0.25) is 5.41 Å². The first kappa shape index (κ1) is 10.0.